The first-order valence-corrected chi connectivity index (χ1v) is 5.90. The molecule has 0 saturated heterocycles. The number of carbonyl (C=O) groups is 1. The molecular weight excluding hydrogens is 176 g/mol. The smallest absolute Gasteiger partial charge is 0.305 e. The van der Waals surface area contributed by atoms with Crippen LogP contribution in [0.1, 0.15) is 59.3 Å². The van der Waals surface area contributed by atoms with E-state index in [9.17, 15) is 4.79 Å². The van der Waals surface area contributed by atoms with Crippen molar-refractivity contribution in [3.05, 3.63) is 0 Å². The minimum atomic E-state index is -0.0427. The Kier molecular flexibility index (Phi) is 8.70. The number of hydrogen-bond acceptors (Lipinski definition) is 2. The lowest BCUT2D eigenvalue weighted by Crippen LogP contribution is -2.05. The van der Waals surface area contributed by atoms with Crippen LogP contribution in [0.15, 0.2) is 0 Å². The van der Waals surface area contributed by atoms with Gasteiger partial charge in [0.2, 0.25) is 0 Å². The first kappa shape index (κ1) is 13.5. The van der Waals surface area contributed by atoms with Crippen molar-refractivity contribution in [1.82, 2.24) is 0 Å². The Labute approximate surface area is 88.0 Å². The minimum absolute atomic E-state index is 0.0427. The van der Waals surface area contributed by atoms with Gasteiger partial charge in [-0.3, -0.25) is 4.79 Å². The van der Waals surface area contributed by atoms with Crippen molar-refractivity contribution in [3.63, 3.8) is 0 Å². The molecule has 0 aliphatic carbocycles. The van der Waals surface area contributed by atoms with E-state index in [-0.39, 0.29) is 5.97 Å². The summed E-state index contributed by atoms with van der Waals surface area (Å²) < 4.78 is 4.88. The summed E-state index contributed by atoms with van der Waals surface area (Å²) in [5.74, 6) is 0.758. The summed E-state index contributed by atoms with van der Waals surface area (Å²) in [5, 5.41) is 0. The van der Waals surface area contributed by atoms with Gasteiger partial charge >= 0.3 is 5.97 Å². The van der Waals surface area contributed by atoms with Crippen LogP contribution < -0.4 is 0 Å². The SMILES string of the molecule is CCCC(CC)CCCC(=O)OCC. The molecule has 0 saturated carbocycles. The molecule has 0 aromatic carbocycles. The van der Waals surface area contributed by atoms with Crippen LogP contribution in [0.5, 0.6) is 0 Å². The van der Waals surface area contributed by atoms with E-state index in [1.165, 1.54) is 25.7 Å². The van der Waals surface area contributed by atoms with Crippen LogP contribution in [-0.2, 0) is 9.53 Å². The molecule has 2 heteroatoms. The molecule has 0 N–H and O–H groups in total. The van der Waals surface area contributed by atoms with E-state index in [2.05, 4.69) is 13.8 Å². The maximum absolute atomic E-state index is 11.0. The van der Waals surface area contributed by atoms with Gasteiger partial charge in [0.25, 0.3) is 0 Å². The van der Waals surface area contributed by atoms with Crippen LogP contribution in [0.25, 0.3) is 0 Å². The molecule has 0 aromatic heterocycles. The Balaban J connectivity index is 3.45. The van der Waals surface area contributed by atoms with Crippen LogP contribution in [0.3, 0.4) is 0 Å². The second-order valence-corrected chi connectivity index (χ2v) is 3.76. The van der Waals surface area contributed by atoms with Gasteiger partial charge in [0.05, 0.1) is 6.61 Å². The molecule has 1 atom stereocenters. The predicted octanol–water partition coefficient (Wildman–Crippen LogP) is 3.55. The van der Waals surface area contributed by atoms with E-state index in [0.717, 1.165) is 12.3 Å². The minimum Gasteiger partial charge on any atom is -0.466 e. The zero-order chi connectivity index (χ0) is 10.8. The first-order chi connectivity index (χ1) is 6.74. The van der Waals surface area contributed by atoms with Crippen molar-refractivity contribution in [2.75, 3.05) is 6.61 Å². The summed E-state index contributed by atoms with van der Waals surface area (Å²) in [6.07, 6.45) is 6.52. The van der Waals surface area contributed by atoms with Gasteiger partial charge in [0, 0.05) is 6.42 Å². The molecule has 0 bridgehead atoms. The third kappa shape index (κ3) is 6.93. The zero-order valence-corrected chi connectivity index (χ0v) is 9.84. The quantitative estimate of drug-likeness (QED) is 0.560. The number of hydrogen-bond donors (Lipinski definition) is 0. The third-order valence-electron chi connectivity index (χ3n) is 2.57. The summed E-state index contributed by atoms with van der Waals surface area (Å²) >= 11 is 0. The maximum Gasteiger partial charge on any atom is 0.305 e. The fourth-order valence-corrected chi connectivity index (χ4v) is 1.73. The summed E-state index contributed by atoms with van der Waals surface area (Å²) in [6, 6.07) is 0. The molecule has 84 valence electrons. The highest BCUT2D eigenvalue weighted by atomic mass is 16.5. The Morgan fingerprint density at radius 2 is 1.93 bits per heavy atom. The van der Waals surface area contributed by atoms with Crippen molar-refractivity contribution in [3.8, 4) is 0 Å². The third-order valence-corrected chi connectivity index (χ3v) is 2.57. The fraction of sp³-hybridized carbons (Fsp3) is 0.917. The lowest BCUT2D eigenvalue weighted by atomic mass is 9.95. The molecule has 0 rings (SSSR count). The van der Waals surface area contributed by atoms with Gasteiger partial charge in [-0.25, -0.2) is 0 Å². The van der Waals surface area contributed by atoms with Crippen molar-refractivity contribution in [2.24, 2.45) is 5.92 Å². The van der Waals surface area contributed by atoms with Crippen LogP contribution in [0.4, 0.5) is 0 Å². The average Bonchev–Trinajstić information content (AvgIpc) is 2.17. The first-order valence-electron chi connectivity index (χ1n) is 5.90. The van der Waals surface area contributed by atoms with E-state index in [4.69, 9.17) is 4.74 Å². The second-order valence-electron chi connectivity index (χ2n) is 3.76. The Bertz CT molecular complexity index is 143. The van der Waals surface area contributed by atoms with Crippen molar-refractivity contribution < 1.29 is 9.53 Å². The molecule has 0 aliphatic rings. The Morgan fingerprint density at radius 3 is 2.43 bits per heavy atom. The number of carbonyl (C=O) groups excluding carboxylic acids is 1. The van der Waals surface area contributed by atoms with E-state index in [0.29, 0.717) is 13.0 Å². The van der Waals surface area contributed by atoms with Crippen LogP contribution >= 0.6 is 0 Å². The maximum atomic E-state index is 11.0. The second kappa shape index (κ2) is 9.04. The molecular formula is C12H24O2. The zero-order valence-electron chi connectivity index (χ0n) is 9.84. The van der Waals surface area contributed by atoms with Gasteiger partial charge in [0.15, 0.2) is 0 Å². The van der Waals surface area contributed by atoms with E-state index < -0.39 is 0 Å². The summed E-state index contributed by atoms with van der Waals surface area (Å²) in [7, 11) is 0. The largest absolute Gasteiger partial charge is 0.466 e. The van der Waals surface area contributed by atoms with Crippen molar-refractivity contribution in [1.29, 1.82) is 0 Å². The van der Waals surface area contributed by atoms with Crippen molar-refractivity contribution >= 4 is 5.97 Å². The molecule has 0 radical (unpaired) electrons. The number of esters is 1. The van der Waals surface area contributed by atoms with E-state index >= 15 is 0 Å². The molecule has 0 amide bonds. The highest BCUT2D eigenvalue weighted by molar-refractivity contribution is 5.69. The van der Waals surface area contributed by atoms with Gasteiger partial charge in [-0.1, -0.05) is 33.1 Å². The van der Waals surface area contributed by atoms with E-state index in [1.54, 1.807) is 0 Å². The van der Waals surface area contributed by atoms with Gasteiger partial charge in [0.1, 0.15) is 0 Å². The van der Waals surface area contributed by atoms with Gasteiger partial charge in [-0.15, -0.1) is 0 Å². The lowest BCUT2D eigenvalue weighted by molar-refractivity contribution is -0.143. The highest BCUT2D eigenvalue weighted by Gasteiger charge is 2.07. The molecule has 0 heterocycles. The molecule has 0 spiro atoms. The summed E-state index contributed by atoms with van der Waals surface area (Å²) in [6.45, 7) is 6.80. The van der Waals surface area contributed by atoms with Crippen LogP contribution in [0.2, 0.25) is 0 Å². The molecule has 14 heavy (non-hydrogen) atoms. The normalized spacial score (nSPS) is 12.5. The number of rotatable bonds is 8. The van der Waals surface area contributed by atoms with Gasteiger partial charge < -0.3 is 4.74 Å². The van der Waals surface area contributed by atoms with Crippen LogP contribution in [-0.4, -0.2) is 12.6 Å². The Morgan fingerprint density at radius 1 is 1.21 bits per heavy atom. The fourth-order valence-electron chi connectivity index (χ4n) is 1.73. The molecule has 2 nitrogen and oxygen atoms in total. The molecule has 0 fully saturated rings. The van der Waals surface area contributed by atoms with Crippen molar-refractivity contribution in [2.45, 2.75) is 59.3 Å². The molecule has 1 unspecified atom stereocenters. The topological polar surface area (TPSA) is 26.3 Å². The van der Waals surface area contributed by atoms with Gasteiger partial charge in [-0.05, 0) is 25.7 Å². The average molecular weight is 200 g/mol. The van der Waals surface area contributed by atoms with Crippen LogP contribution in [0, 0.1) is 5.92 Å². The number of ether oxygens (including phenoxy) is 1. The molecule has 0 aliphatic heterocycles. The summed E-state index contributed by atoms with van der Waals surface area (Å²) in [4.78, 5) is 11.0. The lowest BCUT2D eigenvalue weighted by Gasteiger charge is -2.12. The Hall–Kier alpha value is -0.530. The van der Waals surface area contributed by atoms with Gasteiger partial charge in [-0.2, -0.15) is 0 Å². The highest BCUT2D eigenvalue weighted by Crippen LogP contribution is 2.18. The monoisotopic (exact) mass is 200 g/mol. The predicted molar refractivity (Wildman–Crippen MR) is 59.2 cm³/mol. The molecule has 0 aromatic rings. The summed E-state index contributed by atoms with van der Waals surface area (Å²) in [5.41, 5.74) is 0. The standard InChI is InChI=1S/C12H24O2/c1-4-8-11(5-2)9-7-10-12(13)14-6-3/h11H,4-10H2,1-3H3. The van der Waals surface area contributed by atoms with E-state index in [1.807, 2.05) is 6.92 Å².